The van der Waals surface area contributed by atoms with E-state index in [1.807, 2.05) is 24.3 Å². The van der Waals surface area contributed by atoms with Crippen LogP contribution in [-0.4, -0.2) is 8.42 Å². The quantitative estimate of drug-likeness (QED) is 0.433. The van der Waals surface area contributed by atoms with Gasteiger partial charge in [0.25, 0.3) is 11.0 Å². The molecule has 3 aromatic carbocycles. The SMILES string of the molecule is Nc1ccc2cccc(O[SH](=O)=O)c2c1N=Nc1ccccc1. The first kappa shape index (κ1) is 15.0. The zero-order chi connectivity index (χ0) is 16.2. The van der Waals surface area contributed by atoms with Crippen LogP contribution < -0.4 is 9.92 Å². The Morgan fingerprint density at radius 1 is 0.870 bits per heavy atom. The van der Waals surface area contributed by atoms with Crippen molar-refractivity contribution in [3.8, 4) is 5.75 Å². The number of thiol groups is 1. The van der Waals surface area contributed by atoms with E-state index in [4.69, 9.17) is 9.92 Å². The Morgan fingerprint density at radius 2 is 1.65 bits per heavy atom. The number of anilines is 1. The summed E-state index contributed by atoms with van der Waals surface area (Å²) in [4.78, 5) is 0. The summed E-state index contributed by atoms with van der Waals surface area (Å²) in [6.07, 6.45) is 0. The maximum atomic E-state index is 10.9. The maximum Gasteiger partial charge on any atom is 0.299 e. The molecule has 0 spiro atoms. The standard InChI is InChI=1S/C16H13N3O3S/c17-13-10-9-11-5-4-8-14(22-23(20)21)15(11)16(13)19-18-12-6-2-1-3-7-12/h1-10,23H,17H2. The van der Waals surface area contributed by atoms with Gasteiger partial charge in [-0.1, -0.05) is 36.4 Å². The molecule has 23 heavy (non-hydrogen) atoms. The Morgan fingerprint density at radius 3 is 2.39 bits per heavy atom. The lowest BCUT2D eigenvalue weighted by Crippen LogP contribution is -1.93. The van der Waals surface area contributed by atoms with Crippen molar-refractivity contribution >= 4 is 38.8 Å². The van der Waals surface area contributed by atoms with Gasteiger partial charge in [-0.25, -0.2) is 0 Å². The number of benzene rings is 3. The molecule has 0 aliphatic carbocycles. The topological polar surface area (TPSA) is 94.1 Å². The number of hydrogen-bond acceptors (Lipinski definition) is 6. The van der Waals surface area contributed by atoms with Crippen LogP contribution in [0.4, 0.5) is 17.1 Å². The molecule has 116 valence electrons. The molecule has 6 nitrogen and oxygen atoms in total. The van der Waals surface area contributed by atoms with Crippen molar-refractivity contribution in [2.45, 2.75) is 0 Å². The molecule has 0 amide bonds. The second kappa shape index (κ2) is 6.45. The average Bonchev–Trinajstić information content (AvgIpc) is 2.55. The third-order valence-electron chi connectivity index (χ3n) is 3.21. The predicted molar refractivity (Wildman–Crippen MR) is 89.9 cm³/mol. The van der Waals surface area contributed by atoms with Crippen LogP contribution in [-0.2, 0) is 11.0 Å². The summed E-state index contributed by atoms with van der Waals surface area (Å²) in [6, 6.07) is 17.7. The molecule has 0 aliphatic heterocycles. The monoisotopic (exact) mass is 327 g/mol. The Kier molecular flexibility index (Phi) is 4.20. The van der Waals surface area contributed by atoms with Gasteiger partial charge in [-0.2, -0.15) is 13.5 Å². The smallest absolute Gasteiger partial charge is 0.299 e. The van der Waals surface area contributed by atoms with Crippen LogP contribution in [0, 0.1) is 0 Å². The van der Waals surface area contributed by atoms with Crippen molar-refractivity contribution in [3.05, 3.63) is 60.7 Å². The molecule has 0 unspecified atom stereocenters. The van der Waals surface area contributed by atoms with Crippen LogP contribution in [0.5, 0.6) is 5.75 Å². The molecule has 0 atom stereocenters. The number of fused-ring (bicyclic) bond motifs is 1. The highest BCUT2D eigenvalue weighted by Gasteiger charge is 2.11. The summed E-state index contributed by atoms with van der Waals surface area (Å²) in [6.45, 7) is 0. The molecule has 7 heteroatoms. The molecule has 0 saturated carbocycles. The Hall–Kier alpha value is -2.93. The van der Waals surface area contributed by atoms with E-state index in [-0.39, 0.29) is 5.75 Å². The van der Waals surface area contributed by atoms with Crippen LogP contribution in [0.3, 0.4) is 0 Å². The highest BCUT2D eigenvalue weighted by molar-refractivity contribution is 7.67. The van der Waals surface area contributed by atoms with Gasteiger partial charge < -0.3 is 9.92 Å². The van der Waals surface area contributed by atoms with Crippen molar-refractivity contribution in [1.29, 1.82) is 0 Å². The van der Waals surface area contributed by atoms with Crippen molar-refractivity contribution in [1.82, 2.24) is 0 Å². The van der Waals surface area contributed by atoms with Crippen LogP contribution in [0.2, 0.25) is 0 Å². The first-order valence-electron chi connectivity index (χ1n) is 6.75. The largest absolute Gasteiger partial charge is 0.397 e. The first-order valence-corrected chi connectivity index (χ1v) is 7.85. The normalized spacial score (nSPS) is 11.3. The Balaban J connectivity index is 2.18. The first-order chi connectivity index (χ1) is 11.1. The maximum absolute atomic E-state index is 10.9. The third-order valence-corrected chi connectivity index (χ3v) is 3.55. The minimum absolute atomic E-state index is 0.174. The van der Waals surface area contributed by atoms with Gasteiger partial charge in [-0.3, -0.25) is 0 Å². The zero-order valence-electron chi connectivity index (χ0n) is 11.9. The molecule has 3 aromatic rings. The van der Waals surface area contributed by atoms with Crippen molar-refractivity contribution in [2.75, 3.05) is 5.73 Å². The molecule has 0 heterocycles. The number of rotatable bonds is 4. The number of azo groups is 1. The summed E-state index contributed by atoms with van der Waals surface area (Å²) in [7, 11) is -3.04. The fraction of sp³-hybridized carbons (Fsp3) is 0. The molecule has 0 aliphatic rings. The predicted octanol–water partition coefficient (Wildman–Crippen LogP) is 3.74. The van der Waals surface area contributed by atoms with Crippen LogP contribution in [0.15, 0.2) is 70.9 Å². The average molecular weight is 327 g/mol. The van der Waals surface area contributed by atoms with E-state index in [0.717, 1.165) is 5.39 Å². The summed E-state index contributed by atoms with van der Waals surface area (Å²) in [5.74, 6) is 0.174. The van der Waals surface area contributed by atoms with Gasteiger partial charge >= 0.3 is 0 Å². The molecule has 3 rings (SSSR count). The van der Waals surface area contributed by atoms with E-state index in [9.17, 15) is 8.42 Å². The van der Waals surface area contributed by atoms with E-state index >= 15 is 0 Å². The van der Waals surface area contributed by atoms with E-state index in [1.54, 1.807) is 36.4 Å². The van der Waals surface area contributed by atoms with Crippen molar-refractivity contribution < 1.29 is 12.6 Å². The zero-order valence-corrected chi connectivity index (χ0v) is 12.8. The second-order valence-corrected chi connectivity index (χ2v) is 5.34. The minimum Gasteiger partial charge on any atom is -0.397 e. The van der Waals surface area contributed by atoms with E-state index in [0.29, 0.717) is 22.4 Å². The second-order valence-electron chi connectivity index (χ2n) is 4.71. The summed E-state index contributed by atoms with van der Waals surface area (Å²) in [5, 5.41) is 9.61. The van der Waals surface area contributed by atoms with E-state index in [1.165, 1.54) is 0 Å². The highest BCUT2D eigenvalue weighted by Crippen LogP contribution is 2.39. The molecular formula is C16H13N3O3S. The molecular weight excluding hydrogens is 314 g/mol. The lowest BCUT2D eigenvalue weighted by atomic mass is 10.1. The van der Waals surface area contributed by atoms with Crippen molar-refractivity contribution in [3.63, 3.8) is 0 Å². The molecule has 2 N–H and O–H groups in total. The highest BCUT2D eigenvalue weighted by atomic mass is 32.2. The Bertz CT molecular complexity index is 945. The van der Waals surface area contributed by atoms with Gasteiger partial charge in [-0.05, 0) is 29.7 Å². The molecule has 0 bridgehead atoms. The number of nitrogen functional groups attached to an aromatic ring is 1. The summed E-state index contributed by atoms with van der Waals surface area (Å²) in [5.41, 5.74) is 7.41. The number of hydrogen-bond donors (Lipinski definition) is 2. The molecule has 0 fully saturated rings. The van der Waals surface area contributed by atoms with E-state index < -0.39 is 11.0 Å². The summed E-state index contributed by atoms with van der Waals surface area (Å²) < 4.78 is 26.7. The lowest BCUT2D eigenvalue weighted by Gasteiger charge is -2.08. The van der Waals surface area contributed by atoms with Gasteiger partial charge in [0.15, 0.2) is 5.75 Å². The molecule has 0 saturated heterocycles. The van der Waals surface area contributed by atoms with Crippen LogP contribution >= 0.6 is 0 Å². The van der Waals surface area contributed by atoms with Gasteiger partial charge in [-0.15, -0.1) is 5.11 Å². The van der Waals surface area contributed by atoms with Crippen LogP contribution in [0.25, 0.3) is 10.8 Å². The van der Waals surface area contributed by atoms with Crippen molar-refractivity contribution in [2.24, 2.45) is 10.2 Å². The van der Waals surface area contributed by atoms with E-state index in [2.05, 4.69) is 10.2 Å². The number of nitrogens with zero attached hydrogens (tertiary/aromatic N) is 2. The lowest BCUT2D eigenvalue weighted by molar-refractivity contribution is 0.513. The molecule has 0 radical (unpaired) electrons. The Labute approximate surface area is 134 Å². The van der Waals surface area contributed by atoms with Gasteiger partial charge in [0.2, 0.25) is 0 Å². The summed E-state index contributed by atoms with van der Waals surface area (Å²) >= 11 is 0. The van der Waals surface area contributed by atoms with Gasteiger partial charge in [0.1, 0.15) is 5.69 Å². The van der Waals surface area contributed by atoms with Gasteiger partial charge in [0.05, 0.1) is 16.8 Å². The number of nitrogens with two attached hydrogens (primary N) is 1. The molecule has 0 aromatic heterocycles. The van der Waals surface area contributed by atoms with Crippen LogP contribution in [0.1, 0.15) is 0 Å². The fourth-order valence-corrected chi connectivity index (χ4v) is 2.52. The fourth-order valence-electron chi connectivity index (χ4n) is 2.21. The minimum atomic E-state index is -3.04. The van der Waals surface area contributed by atoms with Gasteiger partial charge in [0, 0.05) is 0 Å². The third kappa shape index (κ3) is 3.29.